The lowest BCUT2D eigenvalue weighted by Crippen LogP contribution is -2.43. The highest BCUT2D eigenvalue weighted by Gasteiger charge is 2.23. The molecule has 0 aliphatic rings. The SMILES string of the molecule is Cc1ccc(C)c(C(=O)OCC(=O)c2c(N)n(Cc3ccccc3)c(=O)n(C)c2=O)c1. The third-order valence-corrected chi connectivity index (χ3v) is 4.99. The summed E-state index contributed by atoms with van der Waals surface area (Å²) in [7, 11) is 1.27. The van der Waals surface area contributed by atoms with E-state index >= 15 is 0 Å². The van der Waals surface area contributed by atoms with Crippen LogP contribution in [-0.4, -0.2) is 27.5 Å². The Bertz CT molecular complexity index is 1270. The molecular weight excluding hydrogens is 398 g/mol. The molecule has 0 saturated carbocycles. The molecule has 0 aliphatic carbocycles. The molecule has 2 aromatic carbocycles. The number of hydrogen-bond acceptors (Lipinski definition) is 6. The predicted molar refractivity (Wildman–Crippen MR) is 116 cm³/mol. The number of nitrogens with two attached hydrogens (primary N) is 1. The Morgan fingerprint density at radius 1 is 1.03 bits per heavy atom. The first-order valence-corrected chi connectivity index (χ1v) is 9.61. The van der Waals surface area contributed by atoms with E-state index in [0.717, 1.165) is 20.3 Å². The van der Waals surface area contributed by atoms with E-state index in [1.165, 1.54) is 7.05 Å². The van der Waals surface area contributed by atoms with Crippen LogP contribution in [-0.2, 0) is 18.3 Å². The van der Waals surface area contributed by atoms with Crippen molar-refractivity contribution in [2.45, 2.75) is 20.4 Å². The second-order valence-corrected chi connectivity index (χ2v) is 7.30. The molecule has 0 atom stereocenters. The van der Waals surface area contributed by atoms with Crippen LogP contribution in [0.2, 0.25) is 0 Å². The Kier molecular flexibility index (Phi) is 6.20. The molecule has 0 spiro atoms. The van der Waals surface area contributed by atoms with Crippen LogP contribution in [0, 0.1) is 13.8 Å². The maximum atomic E-state index is 12.8. The number of esters is 1. The quantitative estimate of drug-likeness (QED) is 0.480. The van der Waals surface area contributed by atoms with E-state index in [4.69, 9.17) is 10.5 Å². The average molecular weight is 421 g/mol. The minimum Gasteiger partial charge on any atom is -0.454 e. The number of carbonyl (C=O) groups is 2. The number of benzene rings is 2. The largest absolute Gasteiger partial charge is 0.454 e. The van der Waals surface area contributed by atoms with Gasteiger partial charge in [0, 0.05) is 7.05 Å². The molecule has 0 aliphatic heterocycles. The minimum atomic E-state index is -0.834. The van der Waals surface area contributed by atoms with Gasteiger partial charge in [-0.15, -0.1) is 0 Å². The maximum Gasteiger partial charge on any atom is 0.338 e. The van der Waals surface area contributed by atoms with Gasteiger partial charge >= 0.3 is 11.7 Å². The third kappa shape index (κ3) is 4.48. The zero-order valence-corrected chi connectivity index (χ0v) is 17.5. The number of ether oxygens (including phenoxy) is 1. The predicted octanol–water partition coefficient (Wildman–Crippen LogP) is 1.83. The number of nitrogen functional groups attached to an aromatic ring is 1. The molecule has 1 heterocycles. The fourth-order valence-electron chi connectivity index (χ4n) is 3.20. The lowest BCUT2D eigenvalue weighted by atomic mass is 10.1. The van der Waals surface area contributed by atoms with Gasteiger partial charge in [0.2, 0.25) is 5.78 Å². The smallest absolute Gasteiger partial charge is 0.338 e. The molecule has 1 aromatic heterocycles. The number of anilines is 1. The van der Waals surface area contributed by atoms with Crippen molar-refractivity contribution in [2.24, 2.45) is 7.05 Å². The minimum absolute atomic E-state index is 0.0855. The molecule has 31 heavy (non-hydrogen) atoms. The number of carbonyl (C=O) groups excluding carboxylic acids is 2. The number of Topliss-reactive ketones (excluding diaryl/α,β-unsaturated/α-hetero) is 1. The number of nitrogens with zero attached hydrogens (tertiary/aromatic N) is 2. The normalized spacial score (nSPS) is 10.7. The van der Waals surface area contributed by atoms with Gasteiger partial charge in [0.25, 0.3) is 5.56 Å². The summed E-state index contributed by atoms with van der Waals surface area (Å²) in [6.07, 6.45) is 0. The first-order valence-electron chi connectivity index (χ1n) is 9.61. The van der Waals surface area contributed by atoms with Crippen molar-refractivity contribution in [2.75, 3.05) is 12.3 Å². The van der Waals surface area contributed by atoms with E-state index in [2.05, 4.69) is 0 Å². The van der Waals surface area contributed by atoms with Crippen LogP contribution in [0.5, 0.6) is 0 Å². The Balaban J connectivity index is 1.90. The Morgan fingerprint density at radius 2 is 1.71 bits per heavy atom. The van der Waals surface area contributed by atoms with E-state index in [-0.39, 0.29) is 17.9 Å². The first kappa shape index (κ1) is 21.8. The summed E-state index contributed by atoms with van der Waals surface area (Å²) in [4.78, 5) is 50.3. The summed E-state index contributed by atoms with van der Waals surface area (Å²) in [5.74, 6) is -1.72. The van der Waals surface area contributed by atoms with Gasteiger partial charge in [-0.05, 0) is 31.0 Å². The molecule has 0 saturated heterocycles. The number of aryl methyl sites for hydroxylation is 2. The van der Waals surface area contributed by atoms with Gasteiger partial charge in [0.1, 0.15) is 11.4 Å². The van der Waals surface area contributed by atoms with Crippen molar-refractivity contribution in [3.8, 4) is 0 Å². The highest BCUT2D eigenvalue weighted by molar-refractivity contribution is 6.02. The fourth-order valence-corrected chi connectivity index (χ4v) is 3.20. The second kappa shape index (κ2) is 8.83. The fraction of sp³-hybridized carbons (Fsp3) is 0.217. The van der Waals surface area contributed by atoms with E-state index in [9.17, 15) is 19.2 Å². The second-order valence-electron chi connectivity index (χ2n) is 7.30. The zero-order chi connectivity index (χ0) is 22.7. The van der Waals surface area contributed by atoms with Crippen molar-refractivity contribution >= 4 is 17.6 Å². The monoisotopic (exact) mass is 421 g/mol. The van der Waals surface area contributed by atoms with Gasteiger partial charge in [-0.1, -0.05) is 48.0 Å². The molecule has 0 fully saturated rings. The summed E-state index contributed by atoms with van der Waals surface area (Å²) < 4.78 is 7.11. The van der Waals surface area contributed by atoms with Crippen LogP contribution in [0.1, 0.15) is 37.4 Å². The van der Waals surface area contributed by atoms with Crippen LogP contribution < -0.4 is 17.0 Å². The molecule has 0 unspecified atom stereocenters. The van der Waals surface area contributed by atoms with Gasteiger partial charge < -0.3 is 10.5 Å². The number of ketones is 1. The van der Waals surface area contributed by atoms with Gasteiger partial charge in [-0.25, -0.2) is 9.59 Å². The summed E-state index contributed by atoms with van der Waals surface area (Å²) in [6.45, 7) is 3.00. The highest BCUT2D eigenvalue weighted by Crippen LogP contribution is 2.13. The van der Waals surface area contributed by atoms with Crippen LogP contribution in [0.15, 0.2) is 58.1 Å². The summed E-state index contributed by atoms with van der Waals surface area (Å²) in [6, 6.07) is 14.3. The van der Waals surface area contributed by atoms with Crippen LogP contribution in [0.25, 0.3) is 0 Å². The average Bonchev–Trinajstić information content (AvgIpc) is 2.76. The maximum absolute atomic E-state index is 12.8. The molecule has 8 heteroatoms. The van der Waals surface area contributed by atoms with E-state index in [0.29, 0.717) is 11.1 Å². The molecule has 0 bridgehead atoms. The highest BCUT2D eigenvalue weighted by atomic mass is 16.5. The van der Waals surface area contributed by atoms with Crippen molar-refractivity contribution in [3.05, 3.63) is 97.2 Å². The molecule has 3 aromatic rings. The molecule has 160 valence electrons. The van der Waals surface area contributed by atoms with E-state index in [1.807, 2.05) is 19.1 Å². The number of rotatable bonds is 6. The van der Waals surface area contributed by atoms with E-state index < -0.39 is 29.6 Å². The first-order chi connectivity index (χ1) is 14.7. The summed E-state index contributed by atoms with van der Waals surface area (Å²) in [5, 5.41) is 0. The molecule has 8 nitrogen and oxygen atoms in total. The van der Waals surface area contributed by atoms with Gasteiger partial charge in [-0.3, -0.25) is 18.7 Å². The van der Waals surface area contributed by atoms with Crippen molar-refractivity contribution < 1.29 is 14.3 Å². The zero-order valence-electron chi connectivity index (χ0n) is 17.5. The van der Waals surface area contributed by atoms with Gasteiger partial charge in [0.05, 0.1) is 12.1 Å². The molecule has 0 radical (unpaired) electrons. The Labute approximate surface area is 178 Å². The van der Waals surface area contributed by atoms with Crippen molar-refractivity contribution in [1.29, 1.82) is 0 Å². The Morgan fingerprint density at radius 3 is 2.39 bits per heavy atom. The van der Waals surface area contributed by atoms with Crippen molar-refractivity contribution in [1.82, 2.24) is 9.13 Å². The molecule has 0 amide bonds. The summed E-state index contributed by atoms with van der Waals surface area (Å²) in [5.41, 5.74) is 6.88. The van der Waals surface area contributed by atoms with E-state index in [1.54, 1.807) is 43.3 Å². The lowest BCUT2D eigenvalue weighted by molar-refractivity contribution is 0.0473. The number of aromatic nitrogens is 2. The standard InChI is InChI=1S/C23H23N3O5/c1-14-9-10-15(2)17(11-14)22(29)31-13-18(27)19-20(24)26(23(30)25(3)21(19)28)12-16-7-5-4-6-8-16/h4-11H,12-13,24H2,1-3H3. The van der Waals surface area contributed by atoms with Gasteiger partial charge in [-0.2, -0.15) is 0 Å². The topological polar surface area (TPSA) is 113 Å². The van der Waals surface area contributed by atoms with Crippen LogP contribution in [0.4, 0.5) is 5.82 Å². The number of hydrogen-bond donors (Lipinski definition) is 1. The molecule has 2 N–H and O–H groups in total. The Hall–Kier alpha value is -3.94. The lowest BCUT2D eigenvalue weighted by Gasteiger charge is -2.15. The molecule has 3 rings (SSSR count). The summed E-state index contributed by atoms with van der Waals surface area (Å²) >= 11 is 0. The van der Waals surface area contributed by atoms with Crippen LogP contribution >= 0.6 is 0 Å². The van der Waals surface area contributed by atoms with Gasteiger partial charge in [0.15, 0.2) is 6.61 Å². The molecular formula is C23H23N3O5. The van der Waals surface area contributed by atoms with Crippen molar-refractivity contribution in [3.63, 3.8) is 0 Å². The third-order valence-electron chi connectivity index (χ3n) is 4.99. The van der Waals surface area contributed by atoms with Crippen LogP contribution in [0.3, 0.4) is 0 Å².